The number of likely N-dealkylation sites (N-methyl/N-ethyl adjacent to an activating group) is 1. The van der Waals surface area contributed by atoms with Crippen molar-refractivity contribution < 1.29 is 9.53 Å². The summed E-state index contributed by atoms with van der Waals surface area (Å²) in [5.41, 5.74) is 6.50. The summed E-state index contributed by atoms with van der Waals surface area (Å²) in [7, 11) is 5.43. The van der Waals surface area contributed by atoms with Crippen LogP contribution >= 0.6 is 23.1 Å². The molecule has 0 bridgehead atoms. The highest BCUT2D eigenvalue weighted by Crippen LogP contribution is 2.41. The molecular formula is C12H21N3O2S2. The summed E-state index contributed by atoms with van der Waals surface area (Å²) < 4.78 is 4.74. The normalized spacial score (nSPS) is 12.5. The summed E-state index contributed by atoms with van der Waals surface area (Å²) in [4.78, 5) is 15.1. The summed E-state index contributed by atoms with van der Waals surface area (Å²) in [6, 6.07) is 0.389. The predicted molar refractivity (Wildman–Crippen MR) is 83.5 cm³/mol. The van der Waals surface area contributed by atoms with Gasteiger partial charge in [-0.3, -0.25) is 0 Å². The first kappa shape index (κ1) is 16.1. The Kier molecular flexibility index (Phi) is 5.96. The van der Waals surface area contributed by atoms with Gasteiger partial charge in [-0.15, -0.1) is 23.1 Å². The van der Waals surface area contributed by atoms with Crippen LogP contribution < -0.4 is 11.1 Å². The molecule has 1 unspecified atom stereocenters. The molecule has 0 aliphatic rings. The number of ether oxygens (including phenoxy) is 1. The van der Waals surface area contributed by atoms with E-state index in [-0.39, 0.29) is 5.97 Å². The molecule has 0 radical (unpaired) electrons. The number of hydrogen-bond acceptors (Lipinski definition) is 7. The Morgan fingerprint density at radius 1 is 1.58 bits per heavy atom. The number of thiophene rings is 1. The topological polar surface area (TPSA) is 67.6 Å². The van der Waals surface area contributed by atoms with E-state index < -0.39 is 0 Å². The summed E-state index contributed by atoms with van der Waals surface area (Å²) in [6.07, 6.45) is 1.94. The second-order valence-electron chi connectivity index (χ2n) is 4.39. The van der Waals surface area contributed by atoms with Gasteiger partial charge in [0.05, 0.1) is 17.7 Å². The molecule has 19 heavy (non-hydrogen) atoms. The fourth-order valence-corrected chi connectivity index (χ4v) is 3.38. The SMILES string of the molecule is COC(=O)c1sc(NCC(C)N(C)C)c(SC)c1N. The van der Waals surface area contributed by atoms with Crippen molar-refractivity contribution in [1.29, 1.82) is 0 Å². The molecule has 7 heteroatoms. The fourth-order valence-electron chi connectivity index (χ4n) is 1.42. The van der Waals surface area contributed by atoms with Crippen LogP contribution in [0.1, 0.15) is 16.6 Å². The van der Waals surface area contributed by atoms with Gasteiger partial charge in [-0.1, -0.05) is 0 Å². The van der Waals surface area contributed by atoms with Gasteiger partial charge in [-0.05, 0) is 27.3 Å². The summed E-state index contributed by atoms with van der Waals surface area (Å²) in [5.74, 6) is -0.383. The predicted octanol–water partition coefficient (Wildman–Crippen LogP) is 2.20. The van der Waals surface area contributed by atoms with Gasteiger partial charge in [-0.25, -0.2) is 4.79 Å². The van der Waals surface area contributed by atoms with E-state index in [0.717, 1.165) is 16.4 Å². The van der Waals surface area contributed by atoms with Gasteiger partial charge in [-0.2, -0.15) is 0 Å². The second-order valence-corrected chi connectivity index (χ2v) is 6.23. The zero-order valence-corrected chi connectivity index (χ0v) is 13.6. The second kappa shape index (κ2) is 7.02. The van der Waals surface area contributed by atoms with E-state index in [1.54, 1.807) is 0 Å². The Hall–Kier alpha value is -0.920. The molecular weight excluding hydrogens is 282 g/mol. The molecule has 1 heterocycles. The Bertz CT molecular complexity index is 446. The molecule has 0 amide bonds. The highest BCUT2D eigenvalue weighted by molar-refractivity contribution is 7.99. The van der Waals surface area contributed by atoms with Crippen LogP contribution in [-0.2, 0) is 4.74 Å². The monoisotopic (exact) mass is 303 g/mol. The largest absolute Gasteiger partial charge is 0.465 e. The Balaban J connectivity index is 2.91. The minimum absolute atomic E-state index is 0.383. The van der Waals surface area contributed by atoms with E-state index >= 15 is 0 Å². The van der Waals surface area contributed by atoms with Crippen molar-refractivity contribution in [3.05, 3.63) is 4.88 Å². The number of carbonyl (C=O) groups is 1. The maximum atomic E-state index is 11.6. The van der Waals surface area contributed by atoms with Crippen molar-refractivity contribution in [3.63, 3.8) is 0 Å². The van der Waals surface area contributed by atoms with Crippen molar-refractivity contribution in [1.82, 2.24) is 4.90 Å². The van der Waals surface area contributed by atoms with Gasteiger partial charge < -0.3 is 20.7 Å². The average Bonchev–Trinajstić information content (AvgIpc) is 2.71. The van der Waals surface area contributed by atoms with Gasteiger partial charge in [0.2, 0.25) is 0 Å². The van der Waals surface area contributed by atoms with Crippen molar-refractivity contribution in [2.75, 3.05) is 45.1 Å². The van der Waals surface area contributed by atoms with Crippen molar-refractivity contribution >= 4 is 39.8 Å². The Morgan fingerprint density at radius 3 is 2.68 bits per heavy atom. The number of methoxy groups -OCH3 is 1. The van der Waals surface area contributed by atoms with Crippen LogP contribution in [0.4, 0.5) is 10.7 Å². The maximum absolute atomic E-state index is 11.6. The van der Waals surface area contributed by atoms with Crippen LogP contribution in [0.25, 0.3) is 0 Å². The van der Waals surface area contributed by atoms with Gasteiger partial charge in [0.15, 0.2) is 0 Å². The number of hydrogen-bond donors (Lipinski definition) is 2. The molecule has 0 aliphatic carbocycles. The number of nitrogen functional groups attached to an aromatic ring is 1. The summed E-state index contributed by atoms with van der Waals surface area (Å²) >= 11 is 2.88. The van der Waals surface area contributed by atoms with Gasteiger partial charge in [0, 0.05) is 12.6 Å². The number of nitrogens with one attached hydrogen (secondary N) is 1. The third kappa shape index (κ3) is 3.77. The molecule has 5 nitrogen and oxygen atoms in total. The lowest BCUT2D eigenvalue weighted by Crippen LogP contribution is -2.31. The molecule has 108 valence electrons. The van der Waals surface area contributed by atoms with Crippen LogP contribution in [0, 0.1) is 0 Å². The van der Waals surface area contributed by atoms with E-state index in [1.807, 2.05) is 20.4 Å². The maximum Gasteiger partial charge on any atom is 0.350 e. The molecule has 1 atom stereocenters. The lowest BCUT2D eigenvalue weighted by atomic mass is 10.3. The molecule has 0 saturated carbocycles. The molecule has 0 saturated heterocycles. The minimum Gasteiger partial charge on any atom is -0.465 e. The Labute approximate surface area is 122 Å². The molecule has 0 fully saturated rings. The quantitative estimate of drug-likeness (QED) is 0.620. The zero-order chi connectivity index (χ0) is 14.6. The van der Waals surface area contributed by atoms with Crippen LogP contribution in [0.3, 0.4) is 0 Å². The third-order valence-corrected chi connectivity index (χ3v) is 5.02. The zero-order valence-electron chi connectivity index (χ0n) is 11.9. The number of anilines is 2. The lowest BCUT2D eigenvalue weighted by Gasteiger charge is -2.20. The number of nitrogens with zero attached hydrogens (tertiary/aromatic N) is 1. The van der Waals surface area contributed by atoms with E-state index in [9.17, 15) is 4.79 Å². The van der Waals surface area contributed by atoms with Crippen molar-refractivity contribution in [2.24, 2.45) is 0 Å². The average molecular weight is 303 g/mol. The number of carbonyl (C=O) groups excluding carboxylic acids is 1. The van der Waals surface area contributed by atoms with Gasteiger partial charge in [0.25, 0.3) is 0 Å². The smallest absolute Gasteiger partial charge is 0.350 e. The molecule has 0 aliphatic heterocycles. The van der Waals surface area contributed by atoms with Crippen molar-refractivity contribution in [3.8, 4) is 0 Å². The molecule has 0 spiro atoms. The first-order valence-corrected chi connectivity index (χ1v) is 7.91. The number of thioether (sulfide) groups is 1. The molecule has 1 aromatic rings. The third-order valence-electron chi connectivity index (χ3n) is 2.91. The highest BCUT2D eigenvalue weighted by atomic mass is 32.2. The van der Waals surface area contributed by atoms with Crippen LogP contribution in [0.15, 0.2) is 4.90 Å². The van der Waals surface area contributed by atoms with Crippen molar-refractivity contribution in [2.45, 2.75) is 17.9 Å². The standard InChI is InChI=1S/C12H21N3O2S2/c1-7(15(2)3)6-14-11-9(18-5)8(13)10(19-11)12(16)17-4/h7,14H,6,13H2,1-5H3. The number of esters is 1. The fraction of sp³-hybridized carbons (Fsp3) is 0.583. The molecule has 0 aromatic carbocycles. The number of nitrogens with two attached hydrogens (primary N) is 1. The van der Waals surface area contributed by atoms with E-state index in [1.165, 1.54) is 30.2 Å². The van der Waals surface area contributed by atoms with Gasteiger partial charge in [0.1, 0.15) is 9.88 Å². The van der Waals surface area contributed by atoms with Crippen LogP contribution in [0.2, 0.25) is 0 Å². The summed E-state index contributed by atoms with van der Waals surface area (Å²) in [5, 5.41) is 4.28. The Morgan fingerprint density at radius 2 is 2.21 bits per heavy atom. The first-order valence-electron chi connectivity index (χ1n) is 5.87. The molecule has 3 N–H and O–H groups in total. The lowest BCUT2D eigenvalue weighted by molar-refractivity contribution is 0.0607. The van der Waals surface area contributed by atoms with E-state index in [4.69, 9.17) is 10.5 Å². The molecule has 1 rings (SSSR count). The van der Waals surface area contributed by atoms with Gasteiger partial charge >= 0.3 is 5.97 Å². The first-order chi connectivity index (χ1) is 8.92. The van der Waals surface area contributed by atoms with E-state index in [0.29, 0.717) is 16.6 Å². The van der Waals surface area contributed by atoms with Crippen LogP contribution in [0.5, 0.6) is 0 Å². The molecule has 1 aromatic heterocycles. The van der Waals surface area contributed by atoms with E-state index in [2.05, 4.69) is 17.1 Å². The minimum atomic E-state index is -0.383. The summed E-state index contributed by atoms with van der Waals surface area (Å²) in [6.45, 7) is 2.92. The highest BCUT2D eigenvalue weighted by Gasteiger charge is 2.21. The van der Waals surface area contributed by atoms with Crippen LogP contribution in [-0.4, -0.2) is 50.9 Å². The number of rotatable bonds is 6.